The maximum absolute atomic E-state index is 5.91. The topological polar surface area (TPSA) is 48.9 Å². The Morgan fingerprint density at radius 3 is 2.56 bits per heavy atom. The summed E-state index contributed by atoms with van der Waals surface area (Å²) in [6.45, 7) is 4.64. The first-order valence-electron chi connectivity index (χ1n) is 9.39. The fourth-order valence-electron chi connectivity index (χ4n) is 3.03. The maximum Gasteiger partial charge on any atom is 0.191 e. The second kappa shape index (κ2) is 10.4. The molecule has 2 atom stereocenters. The van der Waals surface area contributed by atoms with Crippen molar-refractivity contribution in [2.24, 2.45) is 10.9 Å². The molecule has 0 aliphatic heterocycles. The van der Waals surface area contributed by atoms with Crippen molar-refractivity contribution < 1.29 is 4.74 Å². The quantitative estimate of drug-likeness (QED) is 0.388. The van der Waals surface area contributed by atoms with Gasteiger partial charge in [-0.2, -0.15) is 0 Å². The molecule has 0 amide bonds. The van der Waals surface area contributed by atoms with Crippen LogP contribution in [0.3, 0.4) is 0 Å². The summed E-state index contributed by atoms with van der Waals surface area (Å²) >= 11 is 0. The molecule has 1 aliphatic rings. The molecule has 1 aromatic rings. The van der Waals surface area contributed by atoms with E-state index in [0.717, 1.165) is 38.0 Å². The Labute approximate surface area is 152 Å². The number of benzene rings is 1. The second-order valence-electron chi connectivity index (χ2n) is 7.03. The lowest BCUT2D eigenvalue weighted by molar-refractivity contribution is 0.0646. The highest BCUT2D eigenvalue weighted by atomic mass is 16.5. The number of nitrogens with one attached hydrogen (secondary N) is 2. The predicted octanol–water partition coefficient (Wildman–Crippen LogP) is 2.66. The Bertz CT molecular complexity index is 512. The fraction of sp³-hybridized carbons (Fsp3) is 0.650. The molecule has 0 heterocycles. The summed E-state index contributed by atoms with van der Waals surface area (Å²) in [5.74, 6) is 1.72. The van der Waals surface area contributed by atoms with Crippen LogP contribution in [0.15, 0.2) is 35.3 Å². The van der Waals surface area contributed by atoms with Crippen molar-refractivity contribution in [1.82, 2.24) is 15.5 Å². The Kier molecular flexibility index (Phi) is 8.22. The summed E-state index contributed by atoms with van der Waals surface area (Å²) in [6.07, 6.45) is 3.80. The predicted molar refractivity (Wildman–Crippen MR) is 105 cm³/mol. The third-order valence-electron chi connectivity index (χ3n) is 4.78. The van der Waals surface area contributed by atoms with E-state index < -0.39 is 0 Å². The molecule has 0 aromatic heterocycles. The average molecular weight is 347 g/mol. The minimum atomic E-state index is 0.137. The monoisotopic (exact) mass is 346 g/mol. The number of guanidine groups is 1. The first-order valence-corrected chi connectivity index (χ1v) is 9.39. The van der Waals surface area contributed by atoms with Gasteiger partial charge in [0.05, 0.1) is 6.10 Å². The van der Waals surface area contributed by atoms with Crippen LogP contribution in [0.5, 0.6) is 0 Å². The van der Waals surface area contributed by atoms with Crippen molar-refractivity contribution in [3.05, 3.63) is 35.9 Å². The van der Waals surface area contributed by atoms with Gasteiger partial charge in [0.25, 0.3) is 0 Å². The van der Waals surface area contributed by atoms with E-state index in [2.05, 4.69) is 65.8 Å². The van der Waals surface area contributed by atoms with Crippen LogP contribution >= 0.6 is 0 Å². The summed E-state index contributed by atoms with van der Waals surface area (Å²) in [5.41, 5.74) is 1.22. The van der Waals surface area contributed by atoms with Crippen LogP contribution in [0.4, 0.5) is 0 Å². The Balaban J connectivity index is 1.59. The summed E-state index contributed by atoms with van der Waals surface area (Å²) < 4.78 is 5.91. The van der Waals surface area contributed by atoms with Gasteiger partial charge in [0.1, 0.15) is 0 Å². The van der Waals surface area contributed by atoms with Crippen LogP contribution in [-0.4, -0.2) is 57.7 Å². The first-order chi connectivity index (χ1) is 12.1. The number of aliphatic imine (C=N–C) groups is 1. The molecule has 1 saturated carbocycles. The van der Waals surface area contributed by atoms with E-state index in [0.29, 0.717) is 6.04 Å². The number of likely N-dealkylation sites (N-methyl/N-ethyl adjacent to an activating group) is 1. The van der Waals surface area contributed by atoms with Gasteiger partial charge in [0.15, 0.2) is 5.96 Å². The third-order valence-corrected chi connectivity index (χ3v) is 4.78. The fourth-order valence-corrected chi connectivity index (χ4v) is 3.03. The molecular weight excluding hydrogens is 312 g/mol. The summed E-state index contributed by atoms with van der Waals surface area (Å²) in [7, 11) is 6.14. The van der Waals surface area contributed by atoms with Gasteiger partial charge in [-0.25, -0.2) is 0 Å². The lowest BCUT2D eigenvalue weighted by Crippen LogP contribution is -2.46. The Hall–Kier alpha value is -1.59. The molecular formula is C20H34N4O. The molecule has 0 saturated heterocycles. The molecule has 1 aliphatic carbocycles. The van der Waals surface area contributed by atoms with Gasteiger partial charge in [-0.1, -0.05) is 30.3 Å². The van der Waals surface area contributed by atoms with E-state index in [1.54, 1.807) is 0 Å². The summed E-state index contributed by atoms with van der Waals surface area (Å²) in [4.78, 5) is 6.63. The lowest BCUT2D eigenvalue weighted by Gasteiger charge is -2.25. The van der Waals surface area contributed by atoms with E-state index >= 15 is 0 Å². The molecule has 5 heteroatoms. The van der Waals surface area contributed by atoms with Gasteiger partial charge < -0.3 is 20.3 Å². The van der Waals surface area contributed by atoms with Gasteiger partial charge in [0.2, 0.25) is 0 Å². The zero-order valence-electron chi connectivity index (χ0n) is 16.2. The van der Waals surface area contributed by atoms with Gasteiger partial charge in [-0.3, -0.25) is 4.99 Å². The van der Waals surface area contributed by atoms with Crippen LogP contribution in [0.25, 0.3) is 0 Å². The van der Waals surface area contributed by atoms with Crippen LogP contribution in [0.1, 0.15) is 37.9 Å². The van der Waals surface area contributed by atoms with Crippen LogP contribution in [0, 0.1) is 5.92 Å². The molecule has 1 aromatic carbocycles. The molecule has 0 radical (unpaired) electrons. The maximum atomic E-state index is 5.91. The smallest absolute Gasteiger partial charge is 0.191 e. The number of nitrogens with zero attached hydrogens (tertiary/aromatic N) is 2. The number of hydrogen-bond donors (Lipinski definition) is 2. The number of hydrogen-bond acceptors (Lipinski definition) is 3. The standard InChI is InChI=1S/C20H34N4O/c1-16(17-9-6-5-7-10-17)25-14-8-13-22-20(21-2)23-15-19(24(3)4)18-11-12-18/h5-7,9-10,16,18-19H,8,11-15H2,1-4H3,(H2,21,22,23). The number of rotatable bonds is 10. The molecule has 0 bridgehead atoms. The molecule has 0 spiro atoms. The molecule has 2 unspecified atom stereocenters. The minimum absolute atomic E-state index is 0.137. The van der Waals surface area contributed by atoms with Crippen molar-refractivity contribution in [3.8, 4) is 0 Å². The molecule has 2 rings (SSSR count). The van der Waals surface area contributed by atoms with Gasteiger partial charge in [-0.05, 0) is 51.8 Å². The number of ether oxygens (including phenoxy) is 1. The first kappa shape index (κ1) is 19.7. The highest BCUT2D eigenvalue weighted by molar-refractivity contribution is 5.79. The van der Waals surface area contributed by atoms with Gasteiger partial charge >= 0.3 is 0 Å². The van der Waals surface area contributed by atoms with Crippen LogP contribution in [0.2, 0.25) is 0 Å². The van der Waals surface area contributed by atoms with E-state index in [1.807, 2.05) is 13.1 Å². The van der Waals surface area contributed by atoms with E-state index in [-0.39, 0.29) is 6.10 Å². The molecule has 2 N–H and O–H groups in total. The molecule has 5 nitrogen and oxygen atoms in total. The molecule has 1 fully saturated rings. The zero-order valence-corrected chi connectivity index (χ0v) is 16.2. The van der Waals surface area contributed by atoms with Crippen molar-refractivity contribution in [2.45, 2.75) is 38.3 Å². The molecule has 140 valence electrons. The SMILES string of the molecule is CN=C(NCCCOC(C)c1ccccc1)NCC(C1CC1)N(C)C. The van der Waals surface area contributed by atoms with Crippen molar-refractivity contribution in [3.63, 3.8) is 0 Å². The van der Waals surface area contributed by atoms with Gasteiger partial charge in [0, 0.05) is 32.8 Å². The van der Waals surface area contributed by atoms with E-state index in [9.17, 15) is 0 Å². The van der Waals surface area contributed by atoms with E-state index in [4.69, 9.17) is 4.74 Å². The van der Waals surface area contributed by atoms with Gasteiger partial charge in [-0.15, -0.1) is 0 Å². The Morgan fingerprint density at radius 1 is 1.24 bits per heavy atom. The minimum Gasteiger partial charge on any atom is -0.374 e. The van der Waals surface area contributed by atoms with Crippen molar-refractivity contribution >= 4 is 5.96 Å². The highest BCUT2D eigenvalue weighted by Crippen LogP contribution is 2.34. The second-order valence-corrected chi connectivity index (χ2v) is 7.03. The summed E-state index contributed by atoms with van der Waals surface area (Å²) in [6, 6.07) is 10.9. The zero-order chi connectivity index (χ0) is 18.1. The van der Waals surface area contributed by atoms with Crippen molar-refractivity contribution in [2.75, 3.05) is 40.8 Å². The highest BCUT2D eigenvalue weighted by Gasteiger charge is 2.32. The summed E-state index contributed by atoms with van der Waals surface area (Å²) in [5, 5.41) is 6.83. The van der Waals surface area contributed by atoms with Crippen LogP contribution < -0.4 is 10.6 Å². The average Bonchev–Trinajstić information content (AvgIpc) is 3.45. The van der Waals surface area contributed by atoms with Crippen LogP contribution in [-0.2, 0) is 4.74 Å². The third kappa shape index (κ3) is 7.04. The molecule has 25 heavy (non-hydrogen) atoms. The van der Waals surface area contributed by atoms with Crippen molar-refractivity contribution in [1.29, 1.82) is 0 Å². The normalized spacial score (nSPS) is 17.4. The largest absolute Gasteiger partial charge is 0.374 e. The Morgan fingerprint density at radius 2 is 1.96 bits per heavy atom. The lowest BCUT2D eigenvalue weighted by atomic mass is 10.1. The van der Waals surface area contributed by atoms with E-state index in [1.165, 1.54) is 18.4 Å².